The zero-order chi connectivity index (χ0) is 10.6. The lowest BCUT2D eigenvalue weighted by Crippen LogP contribution is -2.07. The summed E-state index contributed by atoms with van der Waals surface area (Å²) >= 11 is 3.33. The zero-order valence-electron chi connectivity index (χ0n) is 7.92. The number of carbonyl (C=O) groups excluding carboxylic acids is 1. The molecule has 1 aromatic carbocycles. The molecule has 0 heterocycles. The van der Waals surface area contributed by atoms with Gasteiger partial charge in [-0.1, -0.05) is 39.9 Å². The van der Waals surface area contributed by atoms with E-state index in [-0.39, 0.29) is 5.97 Å². The van der Waals surface area contributed by atoms with E-state index in [9.17, 15) is 4.79 Å². The van der Waals surface area contributed by atoms with E-state index in [1.807, 2.05) is 6.07 Å². The molecule has 0 bridgehead atoms. The lowest BCUT2D eigenvalue weighted by molar-refractivity contribution is 0.0599. The number of methoxy groups -OCH3 is 1. The van der Waals surface area contributed by atoms with Gasteiger partial charge in [0.1, 0.15) is 0 Å². The zero-order valence-corrected chi connectivity index (χ0v) is 9.50. The first kappa shape index (κ1) is 11.3. The van der Waals surface area contributed by atoms with Crippen molar-refractivity contribution in [2.24, 2.45) is 0 Å². The molecule has 0 unspecified atom stereocenters. The number of carbonyl (C=O) groups is 1. The van der Waals surface area contributed by atoms with E-state index in [4.69, 9.17) is 7.85 Å². The predicted molar refractivity (Wildman–Crippen MR) is 59.9 cm³/mol. The molecule has 0 fully saturated rings. The van der Waals surface area contributed by atoms with Gasteiger partial charge in [-0.25, -0.2) is 4.79 Å². The van der Waals surface area contributed by atoms with Crippen LogP contribution in [0.4, 0.5) is 0 Å². The van der Waals surface area contributed by atoms with Crippen LogP contribution in [0, 0.1) is 0 Å². The molecule has 14 heavy (non-hydrogen) atoms. The number of rotatable bonds is 3. The Bertz CT molecular complexity index is 339. The highest BCUT2D eigenvalue weighted by molar-refractivity contribution is 9.08. The minimum atomic E-state index is -0.324. The van der Waals surface area contributed by atoms with Crippen molar-refractivity contribution in [3.05, 3.63) is 34.9 Å². The molecule has 0 aliphatic heterocycles. The van der Waals surface area contributed by atoms with Crippen molar-refractivity contribution in [3.63, 3.8) is 0 Å². The van der Waals surface area contributed by atoms with Gasteiger partial charge in [0.05, 0.1) is 20.5 Å². The fourth-order valence-corrected chi connectivity index (χ4v) is 1.95. The number of ether oxygens (including phenoxy) is 1. The molecule has 0 amide bonds. The summed E-state index contributed by atoms with van der Waals surface area (Å²) in [6.07, 6.45) is 0.422. The van der Waals surface area contributed by atoms with Crippen LogP contribution in [0.1, 0.15) is 21.5 Å². The van der Waals surface area contributed by atoms with Crippen molar-refractivity contribution in [1.29, 1.82) is 0 Å². The minimum Gasteiger partial charge on any atom is -0.465 e. The van der Waals surface area contributed by atoms with Crippen molar-refractivity contribution in [2.75, 3.05) is 7.11 Å². The molecule has 4 heteroatoms. The summed E-state index contributed by atoms with van der Waals surface area (Å²) < 4.78 is 4.68. The Labute approximate surface area is 93.2 Å². The second-order valence-electron chi connectivity index (χ2n) is 2.77. The van der Waals surface area contributed by atoms with Crippen molar-refractivity contribution >= 4 is 29.7 Å². The maximum Gasteiger partial charge on any atom is 0.338 e. The third kappa shape index (κ3) is 2.18. The Kier molecular flexibility index (Phi) is 4.20. The normalized spacial score (nSPS) is 9.86. The Hall–Kier alpha value is -0.765. The van der Waals surface area contributed by atoms with Crippen molar-refractivity contribution in [1.82, 2.24) is 0 Å². The van der Waals surface area contributed by atoms with Gasteiger partial charge >= 0.3 is 5.97 Å². The monoisotopic (exact) mass is 252 g/mol. The van der Waals surface area contributed by atoms with E-state index >= 15 is 0 Å². The summed E-state index contributed by atoms with van der Waals surface area (Å²) in [5.74, 6) is -0.324. The number of alkyl halides is 1. The number of hydrogen-bond donors (Lipinski definition) is 0. The van der Waals surface area contributed by atoms with Crippen molar-refractivity contribution in [2.45, 2.75) is 11.7 Å². The minimum absolute atomic E-state index is 0.324. The summed E-state index contributed by atoms with van der Waals surface area (Å²) in [6.45, 7) is 0. The summed E-state index contributed by atoms with van der Waals surface area (Å²) in [7, 11) is 6.93. The van der Waals surface area contributed by atoms with Gasteiger partial charge in [0.25, 0.3) is 0 Å². The lowest BCUT2D eigenvalue weighted by Gasteiger charge is -2.09. The van der Waals surface area contributed by atoms with Gasteiger partial charge in [-0.3, -0.25) is 0 Å². The summed E-state index contributed by atoms with van der Waals surface area (Å²) in [5.41, 5.74) is 2.44. The largest absolute Gasteiger partial charge is 0.465 e. The third-order valence-corrected chi connectivity index (χ3v) is 2.59. The van der Waals surface area contributed by atoms with Crippen LogP contribution in [0.3, 0.4) is 0 Å². The summed E-state index contributed by atoms with van der Waals surface area (Å²) in [5, 5.41) is 0.602. The first-order valence-electron chi connectivity index (χ1n) is 4.19. The third-order valence-electron chi connectivity index (χ3n) is 2.03. The number of benzene rings is 1. The van der Waals surface area contributed by atoms with Gasteiger partial charge in [0.2, 0.25) is 0 Å². The van der Waals surface area contributed by atoms with Crippen LogP contribution in [-0.4, -0.2) is 20.9 Å². The maximum absolute atomic E-state index is 11.4. The quantitative estimate of drug-likeness (QED) is 0.468. The molecule has 2 nitrogen and oxygen atoms in total. The van der Waals surface area contributed by atoms with Crippen molar-refractivity contribution < 1.29 is 9.53 Å². The fourth-order valence-electron chi connectivity index (χ4n) is 1.28. The highest BCUT2D eigenvalue weighted by Crippen LogP contribution is 2.18. The van der Waals surface area contributed by atoms with Crippen LogP contribution < -0.4 is 0 Å². The van der Waals surface area contributed by atoms with E-state index in [0.29, 0.717) is 17.2 Å². The van der Waals surface area contributed by atoms with Crippen molar-refractivity contribution in [3.8, 4) is 0 Å². The van der Waals surface area contributed by atoms with Gasteiger partial charge in [-0.2, -0.15) is 0 Å². The second kappa shape index (κ2) is 5.20. The first-order chi connectivity index (χ1) is 6.74. The van der Waals surface area contributed by atoms with E-state index in [2.05, 4.69) is 20.7 Å². The average Bonchev–Trinajstić information content (AvgIpc) is 2.26. The van der Waals surface area contributed by atoms with E-state index in [1.165, 1.54) is 7.11 Å². The maximum atomic E-state index is 11.4. The summed E-state index contributed by atoms with van der Waals surface area (Å²) in [6, 6.07) is 5.45. The first-order valence-corrected chi connectivity index (χ1v) is 5.31. The lowest BCUT2D eigenvalue weighted by atomic mass is 9.91. The van der Waals surface area contributed by atoms with Gasteiger partial charge in [-0.05, 0) is 11.6 Å². The highest BCUT2D eigenvalue weighted by atomic mass is 79.9. The van der Waals surface area contributed by atoms with Crippen LogP contribution in [0.2, 0.25) is 0 Å². The van der Waals surface area contributed by atoms with Gasteiger partial charge < -0.3 is 4.74 Å². The van der Waals surface area contributed by atoms with Gasteiger partial charge in [0.15, 0.2) is 0 Å². The van der Waals surface area contributed by atoms with E-state index in [1.54, 1.807) is 12.1 Å². The SMILES string of the molecule is [B]Cc1cccc(C(=O)OC)c1CBr. The molecule has 0 saturated carbocycles. The molecular formula is C10H10BBrO2. The highest BCUT2D eigenvalue weighted by Gasteiger charge is 2.12. The molecule has 0 saturated heterocycles. The number of halogens is 1. The van der Waals surface area contributed by atoms with Crippen LogP contribution in [-0.2, 0) is 16.4 Å². The molecule has 1 rings (SSSR count). The molecule has 0 atom stereocenters. The van der Waals surface area contributed by atoms with Crippen LogP contribution in [0.25, 0.3) is 0 Å². The molecule has 72 valence electrons. The fraction of sp³-hybridized carbons (Fsp3) is 0.300. The molecule has 2 radical (unpaired) electrons. The average molecular weight is 253 g/mol. The van der Waals surface area contributed by atoms with Gasteiger partial charge in [0, 0.05) is 5.33 Å². The molecule has 0 spiro atoms. The molecule has 0 aliphatic rings. The Morgan fingerprint density at radius 2 is 2.29 bits per heavy atom. The molecule has 0 N–H and O–H groups in total. The van der Waals surface area contributed by atoms with E-state index in [0.717, 1.165) is 11.1 Å². The van der Waals surface area contributed by atoms with Crippen LogP contribution in [0.15, 0.2) is 18.2 Å². The van der Waals surface area contributed by atoms with Gasteiger partial charge in [-0.15, -0.1) is 0 Å². The second-order valence-corrected chi connectivity index (χ2v) is 3.33. The summed E-state index contributed by atoms with van der Waals surface area (Å²) in [4.78, 5) is 11.4. The van der Waals surface area contributed by atoms with Crippen LogP contribution in [0.5, 0.6) is 0 Å². The molecule has 0 aromatic heterocycles. The Morgan fingerprint density at radius 1 is 1.57 bits per heavy atom. The van der Waals surface area contributed by atoms with E-state index < -0.39 is 0 Å². The molecule has 0 aliphatic carbocycles. The predicted octanol–water partition coefficient (Wildman–Crippen LogP) is 2.04. The standard InChI is InChI=1S/C10H10BBrO2/c1-14-10(13)8-4-2-3-7(5-11)9(8)6-12/h2-4H,5-6H2,1H3. The topological polar surface area (TPSA) is 26.3 Å². The van der Waals surface area contributed by atoms with Crippen LogP contribution >= 0.6 is 15.9 Å². The number of esters is 1. The smallest absolute Gasteiger partial charge is 0.338 e. The Morgan fingerprint density at radius 3 is 2.79 bits per heavy atom. The molecular weight excluding hydrogens is 243 g/mol. The number of hydrogen-bond acceptors (Lipinski definition) is 2. The molecule has 1 aromatic rings. The Balaban J connectivity index is 3.21.